The third-order valence-electron chi connectivity index (χ3n) is 4.20. The molecule has 1 amide bonds. The number of likely N-dealkylation sites (N-methyl/N-ethyl adjacent to an activating group) is 2. The van der Waals surface area contributed by atoms with Gasteiger partial charge in [0.1, 0.15) is 11.9 Å². The van der Waals surface area contributed by atoms with Crippen molar-refractivity contribution in [2.45, 2.75) is 19.1 Å². The Labute approximate surface area is 155 Å². The second-order valence-electron chi connectivity index (χ2n) is 7.17. The Morgan fingerprint density at radius 1 is 0.923 bits per heavy atom. The molecular weight excluding hydrogens is 329 g/mol. The van der Waals surface area contributed by atoms with Crippen molar-refractivity contribution in [2.75, 3.05) is 35.2 Å². The molecule has 26 heavy (non-hydrogen) atoms. The van der Waals surface area contributed by atoms with Gasteiger partial charge in [-0.15, -0.1) is 0 Å². The number of benzene rings is 2. The standard InChI is InChI=1S/C21H28FN3O/c1-23(2)14-16-8-6-9-17(12-16)15-25(5)21(26)20(24(3)4)18-10-7-11-19(22)13-18/h6-13,20H,14-15H2,1-5H3. The van der Waals surface area contributed by atoms with Crippen molar-refractivity contribution in [2.24, 2.45) is 0 Å². The maximum absolute atomic E-state index is 13.6. The first-order valence-corrected chi connectivity index (χ1v) is 8.67. The molecule has 4 nitrogen and oxygen atoms in total. The maximum atomic E-state index is 13.6. The highest BCUT2D eigenvalue weighted by molar-refractivity contribution is 5.83. The lowest BCUT2D eigenvalue weighted by Gasteiger charge is -2.29. The zero-order chi connectivity index (χ0) is 19.3. The molecule has 0 spiro atoms. The SMILES string of the molecule is CN(C)Cc1cccc(CN(C)C(=O)C(c2cccc(F)c2)N(C)C)c1. The van der Waals surface area contributed by atoms with Crippen molar-refractivity contribution in [3.8, 4) is 0 Å². The number of carbonyl (C=O) groups is 1. The average Bonchev–Trinajstić information content (AvgIpc) is 2.54. The molecule has 2 rings (SSSR count). The lowest BCUT2D eigenvalue weighted by Crippen LogP contribution is -2.38. The highest BCUT2D eigenvalue weighted by atomic mass is 19.1. The Kier molecular flexibility index (Phi) is 6.89. The number of hydrogen-bond donors (Lipinski definition) is 0. The minimum atomic E-state index is -0.513. The molecule has 5 heteroatoms. The summed E-state index contributed by atoms with van der Waals surface area (Å²) in [5.41, 5.74) is 2.95. The molecule has 0 fully saturated rings. The van der Waals surface area contributed by atoms with Crippen molar-refractivity contribution < 1.29 is 9.18 Å². The van der Waals surface area contributed by atoms with Gasteiger partial charge in [-0.2, -0.15) is 0 Å². The molecule has 0 aliphatic carbocycles. The van der Waals surface area contributed by atoms with Crippen LogP contribution in [-0.2, 0) is 17.9 Å². The molecule has 0 aliphatic heterocycles. The van der Waals surface area contributed by atoms with Crippen molar-refractivity contribution >= 4 is 5.91 Å². The molecule has 0 saturated heterocycles. The van der Waals surface area contributed by atoms with E-state index < -0.39 is 6.04 Å². The van der Waals surface area contributed by atoms with Crippen LogP contribution in [0.1, 0.15) is 22.7 Å². The number of nitrogens with zero attached hydrogens (tertiary/aromatic N) is 3. The first-order chi connectivity index (χ1) is 12.3. The molecule has 0 aliphatic rings. The molecule has 1 atom stereocenters. The van der Waals surface area contributed by atoms with Crippen LogP contribution in [0, 0.1) is 5.82 Å². The normalized spacial score (nSPS) is 12.5. The van der Waals surface area contributed by atoms with Crippen LogP contribution in [0.4, 0.5) is 4.39 Å². The Hall–Kier alpha value is -2.24. The Bertz CT molecular complexity index is 746. The summed E-state index contributed by atoms with van der Waals surface area (Å²) in [6, 6.07) is 14.0. The molecule has 2 aromatic rings. The third-order valence-corrected chi connectivity index (χ3v) is 4.20. The highest BCUT2D eigenvalue weighted by Crippen LogP contribution is 2.22. The van der Waals surface area contributed by atoms with E-state index in [9.17, 15) is 9.18 Å². The van der Waals surface area contributed by atoms with E-state index in [2.05, 4.69) is 17.0 Å². The van der Waals surface area contributed by atoms with Gasteiger partial charge in [-0.3, -0.25) is 9.69 Å². The molecule has 1 unspecified atom stereocenters. The van der Waals surface area contributed by atoms with Gasteiger partial charge in [0, 0.05) is 20.1 Å². The van der Waals surface area contributed by atoms with Crippen LogP contribution >= 0.6 is 0 Å². The van der Waals surface area contributed by atoms with Crippen molar-refractivity contribution in [3.05, 3.63) is 71.0 Å². The molecule has 140 valence electrons. The van der Waals surface area contributed by atoms with Gasteiger partial charge in [-0.05, 0) is 57.0 Å². The summed E-state index contributed by atoms with van der Waals surface area (Å²) in [4.78, 5) is 18.6. The van der Waals surface area contributed by atoms with Crippen LogP contribution in [0.5, 0.6) is 0 Å². The van der Waals surface area contributed by atoms with Crippen LogP contribution in [0.25, 0.3) is 0 Å². The fourth-order valence-electron chi connectivity index (χ4n) is 3.09. The van der Waals surface area contributed by atoms with E-state index in [-0.39, 0.29) is 11.7 Å². The minimum Gasteiger partial charge on any atom is -0.340 e. The van der Waals surface area contributed by atoms with Gasteiger partial charge in [0.2, 0.25) is 5.91 Å². The van der Waals surface area contributed by atoms with Gasteiger partial charge >= 0.3 is 0 Å². The predicted octanol–water partition coefficient (Wildman–Crippen LogP) is 3.15. The van der Waals surface area contributed by atoms with Gasteiger partial charge in [-0.25, -0.2) is 4.39 Å². The Balaban J connectivity index is 2.16. The molecular formula is C21H28FN3O. The fraction of sp³-hybridized carbons (Fsp3) is 0.381. The number of hydrogen-bond acceptors (Lipinski definition) is 3. The minimum absolute atomic E-state index is 0.0568. The maximum Gasteiger partial charge on any atom is 0.244 e. The van der Waals surface area contributed by atoms with E-state index in [0.29, 0.717) is 12.1 Å². The van der Waals surface area contributed by atoms with Crippen LogP contribution in [0.15, 0.2) is 48.5 Å². The van der Waals surface area contributed by atoms with E-state index in [1.165, 1.54) is 17.7 Å². The number of rotatable bonds is 7. The Morgan fingerprint density at radius 2 is 1.54 bits per heavy atom. The zero-order valence-electron chi connectivity index (χ0n) is 16.2. The molecule has 0 aromatic heterocycles. The van der Waals surface area contributed by atoms with Crippen LogP contribution in [0.2, 0.25) is 0 Å². The lowest BCUT2D eigenvalue weighted by molar-refractivity contribution is -0.135. The quantitative estimate of drug-likeness (QED) is 0.762. The largest absolute Gasteiger partial charge is 0.340 e. The van der Waals surface area contributed by atoms with Crippen molar-refractivity contribution in [1.29, 1.82) is 0 Å². The third kappa shape index (κ3) is 5.38. The first kappa shape index (κ1) is 20.1. The van der Waals surface area contributed by atoms with Crippen LogP contribution < -0.4 is 0 Å². The monoisotopic (exact) mass is 357 g/mol. The van der Waals surface area contributed by atoms with Crippen molar-refractivity contribution in [1.82, 2.24) is 14.7 Å². The molecule has 0 bridgehead atoms. The molecule has 2 aromatic carbocycles. The molecule has 0 N–H and O–H groups in total. The topological polar surface area (TPSA) is 26.8 Å². The van der Waals surface area contributed by atoms with E-state index in [0.717, 1.165) is 12.1 Å². The number of halogens is 1. The average molecular weight is 357 g/mol. The molecule has 0 heterocycles. The summed E-state index contributed by atoms with van der Waals surface area (Å²) in [6.45, 7) is 1.37. The summed E-state index contributed by atoms with van der Waals surface area (Å²) >= 11 is 0. The van der Waals surface area contributed by atoms with Crippen molar-refractivity contribution in [3.63, 3.8) is 0 Å². The van der Waals surface area contributed by atoms with Gasteiger partial charge in [0.25, 0.3) is 0 Å². The summed E-state index contributed by atoms with van der Waals surface area (Å²) < 4.78 is 13.6. The second kappa shape index (κ2) is 8.92. The van der Waals surface area contributed by atoms with E-state index in [1.807, 2.05) is 45.2 Å². The molecule has 0 saturated carbocycles. The van der Waals surface area contributed by atoms with Gasteiger partial charge in [0.05, 0.1) is 0 Å². The second-order valence-corrected chi connectivity index (χ2v) is 7.17. The van der Waals surface area contributed by atoms with Crippen LogP contribution in [0.3, 0.4) is 0 Å². The first-order valence-electron chi connectivity index (χ1n) is 8.67. The van der Waals surface area contributed by atoms with Gasteiger partial charge in [-0.1, -0.05) is 36.4 Å². The fourth-order valence-corrected chi connectivity index (χ4v) is 3.09. The zero-order valence-corrected chi connectivity index (χ0v) is 16.2. The number of amides is 1. The van der Waals surface area contributed by atoms with E-state index >= 15 is 0 Å². The van der Waals surface area contributed by atoms with E-state index in [4.69, 9.17) is 0 Å². The summed E-state index contributed by atoms with van der Waals surface area (Å²) in [6.07, 6.45) is 0. The predicted molar refractivity (Wildman–Crippen MR) is 103 cm³/mol. The summed E-state index contributed by atoms with van der Waals surface area (Å²) in [5, 5.41) is 0. The highest BCUT2D eigenvalue weighted by Gasteiger charge is 2.26. The lowest BCUT2D eigenvalue weighted by atomic mass is 10.0. The smallest absolute Gasteiger partial charge is 0.244 e. The summed E-state index contributed by atoms with van der Waals surface area (Å²) in [5.74, 6) is -0.389. The van der Waals surface area contributed by atoms with Crippen LogP contribution in [-0.4, -0.2) is 55.8 Å². The summed E-state index contributed by atoms with van der Waals surface area (Å²) in [7, 11) is 9.51. The van der Waals surface area contributed by atoms with E-state index in [1.54, 1.807) is 24.1 Å². The number of carbonyl (C=O) groups excluding carboxylic acids is 1. The van der Waals surface area contributed by atoms with Gasteiger partial charge < -0.3 is 9.80 Å². The molecule has 0 radical (unpaired) electrons. The van der Waals surface area contributed by atoms with Gasteiger partial charge in [0.15, 0.2) is 0 Å². The Morgan fingerprint density at radius 3 is 2.12 bits per heavy atom.